The fraction of sp³-hybridized carbons (Fsp3) is 0.233. The number of amides is 2. The highest BCUT2D eigenvalue weighted by Gasteiger charge is 2.35. The molecule has 1 saturated heterocycles. The van der Waals surface area contributed by atoms with Gasteiger partial charge in [0.25, 0.3) is 5.91 Å². The van der Waals surface area contributed by atoms with Gasteiger partial charge in [0.1, 0.15) is 6.04 Å². The molecule has 6 nitrogen and oxygen atoms in total. The number of Topliss-reactive ketones (excluding diaryl/α,β-unsaturated/α-hetero) is 1. The molecule has 2 heterocycles. The Balaban J connectivity index is 1.66. The first-order valence-electron chi connectivity index (χ1n) is 12.4. The van der Waals surface area contributed by atoms with Gasteiger partial charge in [0.15, 0.2) is 5.78 Å². The topological polar surface area (TPSA) is 69.7 Å². The Morgan fingerprint density at radius 3 is 2.32 bits per heavy atom. The van der Waals surface area contributed by atoms with Crippen molar-refractivity contribution in [3.8, 4) is 0 Å². The van der Waals surface area contributed by atoms with Crippen LogP contribution in [0.2, 0.25) is 5.02 Å². The fourth-order valence-electron chi connectivity index (χ4n) is 5.09. The van der Waals surface area contributed by atoms with Crippen LogP contribution in [0.25, 0.3) is 5.57 Å². The van der Waals surface area contributed by atoms with Crippen LogP contribution in [0.3, 0.4) is 0 Å². The van der Waals surface area contributed by atoms with Gasteiger partial charge in [0, 0.05) is 23.7 Å². The summed E-state index contributed by atoms with van der Waals surface area (Å²) in [5, 5.41) is 3.54. The minimum atomic E-state index is -0.800. The second-order valence-corrected chi connectivity index (χ2v) is 9.76. The Hall–Kier alpha value is -3.90. The maximum absolute atomic E-state index is 14.1. The molecule has 188 valence electrons. The largest absolute Gasteiger partial charge is 0.338 e. The summed E-state index contributed by atoms with van der Waals surface area (Å²) in [7, 11) is 0. The third kappa shape index (κ3) is 5.02. The average Bonchev–Trinajstić information content (AvgIpc) is 3.32. The van der Waals surface area contributed by atoms with Gasteiger partial charge in [-0.25, -0.2) is 0 Å². The monoisotopic (exact) mass is 513 g/mol. The first-order valence-corrected chi connectivity index (χ1v) is 12.8. The molecular formula is C30H28ClN3O3. The van der Waals surface area contributed by atoms with Crippen LogP contribution in [0, 0.1) is 0 Å². The highest BCUT2D eigenvalue weighted by Crippen LogP contribution is 2.39. The van der Waals surface area contributed by atoms with E-state index in [1.165, 1.54) is 6.92 Å². The van der Waals surface area contributed by atoms with Gasteiger partial charge >= 0.3 is 0 Å². The van der Waals surface area contributed by atoms with Crippen molar-refractivity contribution in [1.82, 2.24) is 10.2 Å². The molecule has 0 bridgehead atoms. The summed E-state index contributed by atoms with van der Waals surface area (Å²) in [5.74, 6) is -0.476. The summed E-state index contributed by atoms with van der Waals surface area (Å²) < 4.78 is 0. The third-order valence-electron chi connectivity index (χ3n) is 6.94. The number of benzene rings is 3. The Morgan fingerprint density at radius 1 is 0.973 bits per heavy atom. The van der Waals surface area contributed by atoms with E-state index in [1.807, 2.05) is 78.9 Å². The van der Waals surface area contributed by atoms with Crippen molar-refractivity contribution in [3.05, 3.63) is 106 Å². The van der Waals surface area contributed by atoms with Crippen LogP contribution in [0.5, 0.6) is 0 Å². The van der Waals surface area contributed by atoms with Gasteiger partial charge < -0.3 is 15.1 Å². The Morgan fingerprint density at radius 2 is 1.68 bits per heavy atom. The predicted molar refractivity (Wildman–Crippen MR) is 145 cm³/mol. The lowest BCUT2D eigenvalue weighted by atomic mass is 9.91. The first-order chi connectivity index (χ1) is 17.9. The molecular weight excluding hydrogens is 486 g/mol. The Labute approximate surface area is 221 Å². The molecule has 0 unspecified atom stereocenters. The molecule has 1 N–H and O–H groups in total. The molecule has 2 aliphatic heterocycles. The molecule has 37 heavy (non-hydrogen) atoms. The number of carbonyl (C=O) groups is 3. The van der Waals surface area contributed by atoms with Crippen LogP contribution in [-0.4, -0.2) is 35.6 Å². The molecule has 3 aromatic rings. The van der Waals surface area contributed by atoms with Crippen molar-refractivity contribution < 1.29 is 14.4 Å². The highest BCUT2D eigenvalue weighted by molar-refractivity contribution is 6.32. The summed E-state index contributed by atoms with van der Waals surface area (Å²) in [6.07, 6.45) is 1.30. The third-order valence-corrected chi connectivity index (χ3v) is 7.29. The zero-order chi connectivity index (χ0) is 25.9. The molecule has 2 aliphatic rings. The molecule has 3 aromatic carbocycles. The lowest BCUT2D eigenvalue weighted by Crippen LogP contribution is -2.41. The maximum Gasteiger partial charge on any atom is 0.254 e. The van der Waals surface area contributed by atoms with Gasteiger partial charge in [-0.1, -0.05) is 72.3 Å². The first kappa shape index (κ1) is 24.8. The van der Waals surface area contributed by atoms with E-state index < -0.39 is 6.04 Å². The van der Waals surface area contributed by atoms with Crippen molar-refractivity contribution in [2.24, 2.45) is 0 Å². The van der Waals surface area contributed by atoms with Crippen molar-refractivity contribution in [3.63, 3.8) is 0 Å². The lowest BCUT2D eigenvalue weighted by molar-refractivity contribution is -0.127. The fourth-order valence-corrected chi connectivity index (χ4v) is 5.33. The summed E-state index contributed by atoms with van der Waals surface area (Å²) in [6, 6.07) is 23.7. The smallest absolute Gasteiger partial charge is 0.254 e. The second kappa shape index (κ2) is 10.6. The number of nitrogens with one attached hydrogen (secondary N) is 1. The van der Waals surface area contributed by atoms with Crippen LogP contribution < -0.4 is 10.2 Å². The van der Waals surface area contributed by atoms with Crippen molar-refractivity contribution in [1.29, 1.82) is 0 Å². The van der Waals surface area contributed by atoms with Gasteiger partial charge in [-0.3, -0.25) is 14.4 Å². The summed E-state index contributed by atoms with van der Waals surface area (Å²) in [5.41, 5.74) is 4.29. The van der Waals surface area contributed by atoms with E-state index in [1.54, 1.807) is 4.90 Å². The standard InChI is InChI=1S/C30H28ClN3O3/c1-20(35)29(21-10-4-2-5-11-21)32-30(37)28-23-14-8-15-25(31)24(23)18-34(22-12-6-3-7-13-22)26(28)19-33-17-9-16-27(33)36/h2-8,10-15,29H,9,16-19H2,1H3,(H,32,37)/t29-/m1/s1. The van der Waals surface area contributed by atoms with E-state index in [9.17, 15) is 14.4 Å². The van der Waals surface area contributed by atoms with E-state index >= 15 is 0 Å². The number of hydrogen-bond acceptors (Lipinski definition) is 4. The van der Waals surface area contributed by atoms with E-state index in [-0.39, 0.29) is 17.6 Å². The molecule has 0 saturated carbocycles. The highest BCUT2D eigenvalue weighted by atomic mass is 35.5. The molecule has 0 aliphatic carbocycles. The van der Waals surface area contributed by atoms with Crippen molar-refractivity contribution >= 4 is 40.5 Å². The van der Waals surface area contributed by atoms with Gasteiger partial charge in [-0.15, -0.1) is 0 Å². The molecule has 2 amide bonds. The minimum Gasteiger partial charge on any atom is -0.338 e. The zero-order valence-corrected chi connectivity index (χ0v) is 21.4. The number of anilines is 1. The number of fused-ring (bicyclic) bond motifs is 1. The molecule has 0 radical (unpaired) electrons. The average molecular weight is 514 g/mol. The second-order valence-electron chi connectivity index (χ2n) is 9.36. The summed E-state index contributed by atoms with van der Waals surface area (Å²) >= 11 is 6.66. The van der Waals surface area contributed by atoms with Crippen LogP contribution in [-0.2, 0) is 20.9 Å². The van der Waals surface area contributed by atoms with E-state index in [0.29, 0.717) is 53.5 Å². The number of halogens is 1. The number of ketones is 1. The summed E-state index contributed by atoms with van der Waals surface area (Å²) in [6.45, 7) is 2.86. The number of likely N-dealkylation sites (tertiary alicyclic amines) is 1. The molecule has 0 aromatic heterocycles. The minimum absolute atomic E-state index is 0.0723. The number of nitrogens with zero attached hydrogens (tertiary/aromatic N) is 2. The van der Waals surface area contributed by atoms with Gasteiger partial charge in [-0.05, 0) is 48.2 Å². The quantitative estimate of drug-likeness (QED) is 0.475. The molecule has 7 heteroatoms. The Bertz CT molecular complexity index is 1370. The summed E-state index contributed by atoms with van der Waals surface area (Å²) in [4.78, 5) is 43.2. The van der Waals surface area contributed by atoms with Crippen LogP contribution in [0.15, 0.2) is 84.6 Å². The molecule has 1 atom stereocenters. The van der Waals surface area contributed by atoms with Gasteiger partial charge in [0.05, 0.1) is 24.4 Å². The van der Waals surface area contributed by atoms with Crippen molar-refractivity contribution in [2.45, 2.75) is 32.4 Å². The Kier molecular flexibility index (Phi) is 7.10. The zero-order valence-electron chi connectivity index (χ0n) is 20.6. The van der Waals surface area contributed by atoms with Crippen molar-refractivity contribution in [2.75, 3.05) is 18.0 Å². The number of rotatable bonds is 7. The van der Waals surface area contributed by atoms with Crippen LogP contribution in [0.1, 0.15) is 42.5 Å². The van der Waals surface area contributed by atoms with Gasteiger partial charge in [-0.2, -0.15) is 0 Å². The van der Waals surface area contributed by atoms with Crippen LogP contribution in [0.4, 0.5) is 5.69 Å². The number of para-hydroxylation sites is 1. The van der Waals surface area contributed by atoms with Crippen LogP contribution >= 0.6 is 11.6 Å². The molecule has 5 rings (SSSR count). The SMILES string of the molecule is CC(=O)[C@@H](NC(=O)C1=C(CN2CCCC2=O)N(c2ccccc2)Cc2c(Cl)cccc21)c1ccccc1. The lowest BCUT2D eigenvalue weighted by Gasteiger charge is -2.37. The maximum atomic E-state index is 14.1. The van der Waals surface area contributed by atoms with E-state index in [2.05, 4.69) is 10.2 Å². The number of carbonyl (C=O) groups excluding carboxylic acids is 3. The molecule has 0 spiro atoms. The van der Waals surface area contributed by atoms with Gasteiger partial charge in [0.2, 0.25) is 5.91 Å². The normalized spacial score (nSPS) is 16.0. The van der Waals surface area contributed by atoms with E-state index in [4.69, 9.17) is 11.6 Å². The number of hydrogen-bond donors (Lipinski definition) is 1. The van der Waals surface area contributed by atoms with E-state index in [0.717, 1.165) is 17.7 Å². The predicted octanol–water partition coefficient (Wildman–Crippen LogP) is 5.14. The molecule has 1 fully saturated rings.